The molecule has 1 fully saturated rings. The predicted octanol–water partition coefficient (Wildman–Crippen LogP) is 6.29. The van der Waals surface area contributed by atoms with Crippen LogP contribution in [0.25, 0.3) is 11.2 Å². The van der Waals surface area contributed by atoms with Crippen molar-refractivity contribution in [2.45, 2.75) is 84.1 Å². The normalized spacial score (nSPS) is 18.6. The molecule has 9 nitrogen and oxygen atoms in total. The first-order chi connectivity index (χ1) is 19.2. The van der Waals surface area contributed by atoms with Crippen LogP contribution in [-0.2, 0) is 22.6 Å². The van der Waals surface area contributed by atoms with Gasteiger partial charge < -0.3 is 19.7 Å². The van der Waals surface area contributed by atoms with E-state index >= 15 is 0 Å². The summed E-state index contributed by atoms with van der Waals surface area (Å²) in [5.74, 6) is 0.541. The van der Waals surface area contributed by atoms with Crippen LogP contribution in [0.1, 0.15) is 50.8 Å². The molecule has 0 bridgehead atoms. The van der Waals surface area contributed by atoms with Crippen LogP contribution in [0.5, 0.6) is 0 Å². The molecule has 1 aliphatic heterocycles. The Morgan fingerprint density at radius 3 is 2.66 bits per heavy atom. The van der Waals surface area contributed by atoms with E-state index in [2.05, 4.69) is 57.5 Å². The Morgan fingerprint density at radius 1 is 1.24 bits per heavy atom. The van der Waals surface area contributed by atoms with Crippen molar-refractivity contribution in [3.63, 3.8) is 0 Å². The Hall–Kier alpha value is -2.32. The van der Waals surface area contributed by atoms with E-state index in [-0.39, 0.29) is 17.3 Å². The number of amides is 1. The number of nitrogens with zero attached hydrogens (tertiary/aromatic N) is 5. The number of piperidine rings is 1. The van der Waals surface area contributed by atoms with Crippen molar-refractivity contribution in [2.75, 3.05) is 24.6 Å². The van der Waals surface area contributed by atoms with Crippen LogP contribution in [0, 0.1) is 14.9 Å². The van der Waals surface area contributed by atoms with Gasteiger partial charge in [-0.1, -0.05) is 25.7 Å². The van der Waals surface area contributed by atoms with E-state index in [4.69, 9.17) is 19.4 Å². The minimum Gasteiger partial charge on any atom is -0.444 e. The molecule has 0 radical (unpaired) electrons. The van der Waals surface area contributed by atoms with E-state index in [1.54, 1.807) is 10.7 Å². The van der Waals surface area contributed by atoms with E-state index in [9.17, 15) is 9.18 Å². The molecule has 5 rings (SSSR count). The summed E-state index contributed by atoms with van der Waals surface area (Å²) < 4.78 is 28.3. The van der Waals surface area contributed by atoms with Crippen molar-refractivity contribution < 1.29 is 18.7 Å². The number of hydrogen-bond donors (Lipinski definition) is 1. The Kier molecular flexibility index (Phi) is 8.38. The van der Waals surface area contributed by atoms with Gasteiger partial charge in [-0.2, -0.15) is 5.10 Å². The minimum atomic E-state index is -1.18. The van der Waals surface area contributed by atoms with Gasteiger partial charge in [0.25, 0.3) is 0 Å². The number of fused-ring (bicyclic) bond motifs is 2. The number of carbonyl (C=O) groups excluding carboxylic acids is 1. The zero-order valence-electron chi connectivity index (χ0n) is 24.8. The van der Waals surface area contributed by atoms with Crippen LogP contribution >= 0.6 is 22.6 Å². The van der Waals surface area contributed by atoms with Gasteiger partial charge in [0.05, 0.1) is 12.2 Å². The zero-order chi connectivity index (χ0) is 29.6. The van der Waals surface area contributed by atoms with Crippen LogP contribution in [0.2, 0.25) is 25.7 Å². The third-order valence-electron chi connectivity index (χ3n) is 7.91. The monoisotopic (exact) mass is 694 g/mol. The number of aromatic nitrogens is 4. The molecular weight excluding hydrogens is 654 g/mol. The van der Waals surface area contributed by atoms with Crippen LogP contribution in [0.15, 0.2) is 24.4 Å². The molecule has 3 aromatic rings. The maximum Gasteiger partial charge on any atom is 0.408 e. The van der Waals surface area contributed by atoms with Crippen molar-refractivity contribution in [2.24, 2.45) is 5.41 Å². The molecule has 1 spiro atoms. The van der Waals surface area contributed by atoms with Crippen LogP contribution < -0.4 is 10.2 Å². The van der Waals surface area contributed by atoms with Crippen LogP contribution in [-0.4, -0.2) is 59.2 Å². The summed E-state index contributed by atoms with van der Waals surface area (Å²) >= 11 is 2.19. The summed E-state index contributed by atoms with van der Waals surface area (Å²) in [5.41, 5.74) is 2.57. The van der Waals surface area contributed by atoms with E-state index in [0.29, 0.717) is 25.4 Å². The maximum absolute atomic E-state index is 14.2. The van der Waals surface area contributed by atoms with Crippen molar-refractivity contribution >= 4 is 53.7 Å². The second kappa shape index (κ2) is 11.4. The van der Waals surface area contributed by atoms with Gasteiger partial charge in [-0.05, 0) is 91.9 Å². The fourth-order valence-corrected chi connectivity index (χ4v) is 7.19. The van der Waals surface area contributed by atoms with Gasteiger partial charge in [-0.25, -0.2) is 23.8 Å². The molecule has 1 aromatic carbocycles. The van der Waals surface area contributed by atoms with Gasteiger partial charge in [0.15, 0.2) is 9.35 Å². The highest BCUT2D eigenvalue weighted by molar-refractivity contribution is 14.1. The molecular formula is C29H40FIN6O3Si. The second-order valence-electron chi connectivity index (χ2n) is 13.5. The van der Waals surface area contributed by atoms with Gasteiger partial charge in [0, 0.05) is 33.2 Å². The highest BCUT2D eigenvalue weighted by Gasteiger charge is 2.49. The van der Waals surface area contributed by atoms with Crippen molar-refractivity contribution in [3.05, 3.63) is 45.0 Å². The standard InChI is InChI=1S/C29H40FIN6O3Si/c1-28(2,3)40-27(38)34-24-21-8-7-20(30)15-19(21)16-29(24)9-11-36(12-10-29)22-17-32-23-25(31)35-37(26(23)33-22)18-39-13-14-41(4,5)6/h7-8,15,17,24H,9-14,16,18H2,1-6H3,(H,34,38)/t24-/m1/s1. The highest BCUT2D eigenvalue weighted by atomic mass is 127. The number of benzene rings is 1. The molecule has 0 unspecified atom stereocenters. The Morgan fingerprint density at radius 2 is 1.98 bits per heavy atom. The van der Waals surface area contributed by atoms with Gasteiger partial charge in [0.1, 0.15) is 29.5 Å². The number of nitrogens with one attached hydrogen (secondary N) is 1. The van der Waals surface area contributed by atoms with Crippen LogP contribution in [0.3, 0.4) is 0 Å². The SMILES string of the molecule is CC(C)(C)OC(=O)N[C@@H]1c2ccc(F)cc2CC12CCN(c1cnc3c(I)nn(COCC[Si](C)(C)C)c3n1)CC2. The number of carbonyl (C=O) groups is 1. The molecule has 1 atom stereocenters. The van der Waals surface area contributed by atoms with E-state index in [0.717, 1.165) is 58.1 Å². The van der Waals surface area contributed by atoms with Gasteiger partial charge >= 0.3 is 6.09 Å². The second-order valence-corrected chi connectivity index (χ2v) is 20.1. The summed E-state index contributed by atoms with van der Waals surface area (Å²) in [6.45, 7) is 15.1. The number of halogens is 2. The number of hydrogen-bond acceptors (Lipinski definition) is 7. The largest absolute Gasteiger partial charge is 0.444 e. The molecule has 1 amide bonds. The van der Waals surface area contributed by atoms with Crippen molar-refractivity contribution in [1.82, 2.24) is 25.1 Å². The summed E-state index contributed by atoms with van der Waals surface area (Å²) in [6.07, 6.45) is 3.68. The highest BCUT2D eigenvalue weighted by Crippen LogP contribution is 2.52. The van der Waals surface area contributed by atoms with Crippen molar-refractivity contribution in [1.29, 1.82) is 0 Å². The first-order valence-electron chi connectivity index (χ1n) is 14.2. The molecule has 41 heavy (non-hydrogen) atoms. The van der Waals surface area contributed by atoms with E-state index < -0.39 is 19.8 Å². The molecule has 2 aromatic heterocycles. The fraction of sp³-hybridized carbons (Fsp3) is 0.586. The summed E-state index contributed by atoms with van der Waals surface area (Å²) in [7, 11) is -1.18. The average molecular weight is 695 g/mol. The van der Waals surface area contributed by atoms with E-state index in [1.807, 2.05) is 33.0 Å². The average Bonchev–Trinajstić information content (AvgIpc) is 3.33. The maximum atomic E-state index is 14.2. The molecule has 1 aliphatic carbocycles. The summed E-state index contributed by atoms with van der Waals surface area (Å²) in [6, 6.07) is 5.73. The lowest BCUT2D eigenvalue weighted by Gasteiger charge is -2.43. The molecule has 222 valence electrons. The van der Waals surface area contributed by atoms with Gasteiger partial charge in [0.2, 0.25) is 0 Å². The first-order valence-corrected chi connectivity index (χ1v) is 19.0. The smallest absolute Gasteiger partial charge is 0.408 e. The predicted molar refractivity (Wildman–Crippen MR) is 168 cm³/mol. The Labute approximate surface area is 255 Å². The zero-order valence-corrected chi connectivity index (χ0v) is 27.9. The number of rotatable bonds is 7. The van der Waals surface area contributed by atoms with Gasteiger partial charge in [-0.3, -0.25) is 0 Å². The third kappa shape index (κ3) is 6.85. The van der Waals surface area contributed by atoms with Crippen molar-refractivity contribution in [3.8, 4) is 0 Å². The lowest BCUT2D eigenvalue weighted by molar-refractivity contribution is 0.0428. The van der Waals surface area contributed by atoms with E-state index in [1.165, 1.54) is 6.07 Å². The molecule has 12 heteroatoms. The number of ether oxygens (including phenoxy) is 2. The van der Waals surface area contributed by atoms with Crippen LogP contribution in [0.4, 0.5) is 15.0 Å². The quantitative estimate of drug-likeness (QED) is 0.177. The minimum absolute atomic E-state index is 0.234. The summed E-state index contributed by atoms with van der Waals surface area (Å²) in [4.78, 5) is 24.8. The topological polar surface area (TPSA) is 94.4 Å². The molecule has 2 aliphatic rings. The molecule has 0 saturated carbocycles. The summed E-state index contributed by atoms with van der Waals surface area (Å²) in [5, 5.41) is 7.76. The fourth-order valence-electron chi connectivity index (χ4n) is 5.79. The van der Waals surface area contributed by atoms with Gasteiger partial charge in [-0.15, -0.1) is 0 Å². The first kappa shape index (κ1) is 30.1. The molecule has 1 N–H and O–H groups in total. The lowest BCUT2D eigenvalue weighted by Crippen LogP contribution is -2.48. The Balaban J connectivity index is 1.32. The number of anilines is 1. The number of alkyl carbamates (subject to hydrolysis) is 1. The lowest BCUT2D eigenvalue weighted by atomic mass is 9.72. The molecule has 1 saturated heterocycles. The Bertz CT molecular complexity index is 1430. The molecule has 3 heterocycles. The third-order valence-corrected chi connectivity index (χ3v) is 10.3.